The van der Waals surface area contributed by atoms with Gasteiger partial charge in [-0.2, -0.15) is 0 Å². The summed E-state index contributed by atoms with van der Waals surface area (Å²) in [5.41, 5.74) is 7.59. The molecule has 0 aliphatic heterocycles. The van der Waals surface area contributed by atoms with E-state index in [1.54, 1.807) is 7.11 Å². The van der Waals surface area contributed by atoms with Gasteiger partial charge in [0.2, 0.25) is 0 Å². The molecule has 0 unspecified atom stereocenters. The molecule has 3 heteroatoms. The Labute approximate surface area is 90.2 Å². The molecule has 0 bridgehead atoms. The highest BCUT2D eigenvalue weighted by Gasteiger charge is 2.17. The Morgan fingerprint density at radius 2 is 2.20 bits per heavy atom. The highest BCUT2D eigenvalue weighted by molar-refractivity contribution is 5.54. The van der Waals surface area contributed by atoms with Gasteiger partial charge in [-0.05, 0) is 37.0 Å². The maximum Gasteiger partial charge on any atom is 0.141 e. The summed E-state index contributed by atoms with van der Waals surface area (Å²) in [6.07, 6.45) is 4.17. The first kappa shape index (κ1) is 10.3. The molecule has 0 atom stereocenters. The van der Waals surface area contributed by atoms with E-state index in [0.29, 0.717) is 18.4 Å². The van der Waals surface area contributed by atoms with Gasteiger partial charge < -0.3 is 15.2 Å². The Bertz CT molecular complexity index is 334. The lowest BCUT2D eigenvalue weighted by Crippen LogP contribution is -2.21. The summed E-state index contributed by atoms with van der Waals surface area (Å²) >= 11 is 0. The predicted molar refractivity (Wildman–Crippen MR) is 59.8 cm³/mol. The molecule has 0 aromatic heterocycles. The lowest BCUT2D eigenvalue weighted by Gasteiger charge is -2.25. The zero-order valence-electron chi connectivity index (χ0n) is 9.03. The van der Waals surface area contributed by atoms with Gasteiger partial charge in [0.05, 0.1) is 25.5 Å². The lowest BCUT2D eigenvalue weighted by atomic mass is 9.96. The zero-order valence-corrected chi connectivity index (χ0v) is 9.03. The van der Waals surface area contributed by atoms with Crippen LogP contribution in [0.25, 0.3) is 0 Å². The molecule has 1 saturated carbocycles. The van der Waals surface area contributed by atoms with E-state index in [1.165, 1.54) is 19.3 Å². The van der Waals surface area contributed by atoms with Gasteiger partial charge in [0.1, 0.15) is 5.75 Å². The second-order valence-corrected chi connectivity index (χ2v) is 3.94. The van der Waals surface area contributed by atoms with Gasteiger partial charge in [-0.3, -0.25) is 0 Å². The summed E-state index contributed by atoms with van der Waals surface area (Å²) in [6, 6.07) is 5.79. The first-order valence-electron chi connectivity index (χ1n) is 5.33. The van der Waals surface area contributed by atoms with E-state index >= 15 is 0 Å². The summed E-state index contributed by atoms with van der Waals surface area (Å²) in [5, 5.41) is 0. The normalized spacial score (nSPS) is 16.1. The van der Waals surface area contributed by atoms with Crippen molar-refractivity contribution in [3.8, 4) is 5.75 Å². The van der Waals surface area contributed by atoms with E-state index in [2.05, 4.69) is 0 Å². The average molecular weight is 207 g/mol. The van der Waals surface area contributed by atoms with Crippen LogP contribution in [0.1, 0.15) is 24.8 Å². The number of hydrogen-bond acceptors (Lipinski definition) is 3. The third kappa shape index (κ3) is 2.42. The number of nitrogen functional groups attached to an aromatic ring is 1. The highest BCUT2D eigenvalue weighted by Crippen LogP contribution is 2.25. The number of ether oxygens (including phenoxy) is 2. The predicted octanol–water partition coefficient (Wildman–Crippen LogP) is 2.35. The third-order valence-corrected chi connectivity index (χ3v) is 2.83. The minimum atomic E-state index is 0.466. The molecule has 1 fully saturated rings. The topological polar surface area (TPSA) is 44.5 Å². The smallest absolute Gasteiger partial charge is 0.141 e. The molecule has 0 heterocycles. The summed E-state index contributed by atoms with van der Waals surface area (Å²) in [4.78, 5) is 0. The standard InChI is InChI=1S/C12H17NO2/c1-14-12-6-5-9(7-11(12)13)8-15-10-3-2-4-10/h5-7,10H,2-4,8,13H2,1H3. The number of methoxy groups -OCH3 is 1. The molecular formula is C12H17NO2. The summed E-state index contributed by atoms with van der Waals surface area (Å²) < 4.78 is 10.8. The van der Waals surface area contributed by atoms with E-state index in [9.17, 15) is 0 Å². The minimum Gasteiger partial charge on any atom is -0.495 e. The molecule has 3 nitrogen and oxygen atoms in total. The van der Waals surface area contributed by atoms with E-state index in [-0.39, 0.29) is 0 Å². The van der Waals surface area contributed by atoms with Crippen molar-refractivity contribution in [1.29, 1.82) is 0 Å². The largest absolute Gasteiger partial charge is 0.495 e. The van der Waals surface area contributed by atoms with Gasteiger partial charge in [0.25, 0.3) is 0 Å². The third-order valence-electron chi connectivity index (χ3n) is 2.83. The fraction of sp³-hybridized carbons (Fsp3) is 0.500. The maximum absolute atomic E-state index is 5.80. The van der Waals surface area contributed by atoms with Crippen LogP contribution in [0.4, 0.5) is 5.69 Å². The van der Waals surface area contributed by atoms with Crippen molar-refractivity contribution >= 4 is 5.69 Å². The number of benzene rings is 1. The van der Waals surface area contributed by atoms with Crippen molar-refractivity contribution < 1.29 is 9.47 Å². The van der Waals surface area contributed by atoms with Gasteiger partial charge in [-0.1, -0.05) is 6.07 Å². The van der Waals surface area contributed by atoms with Crippen LogP contribution < -0.4 is 10.5 Å². The Morgan fingerprint density at radius 3 is 2.73 bits per heavy atom. The van der Waals surface area contributed by atoms with Crippen LogP contribution >= 0.6 is 0 Å². The van der Waals surface area contributed by atoms with Crippen LogP contribution in [0, 0.1) is 0 Å². The minimum absolute atomic E-state index is 0.466. The molecule has 0 radical (unpaired) electrons. The second kappa shape index (κ2) is 4.53. The van der Waals surface area contributed by atoms with Crippen molar-refractivity contribution in [2.45, 2.75) is 32.0 Å². The number of anilines is 1. The summed E-state index contributed by atoms with van der Waals surface area (Å²) in [6.45, 7) is 0.652. The molecule has 2 rings (SSSR count). The van der Waals surface area contributed by atoms with Crippen molar-refractivity contribution in [2.75, 3.05) is 12.8 Å². The Balaban J connectivity index is 1.93. The van der Waals surface area contributed by atoms with Crippen LogP contribution in [0.5, 0.6) is 5.75 Å². The summed E-state index contributed by atoms with van der Waals surface area (Å²) in [5.74, 6) is 0.724. The fourth-order valence-corrected chi connectivity index (χ4v) is 1.63. The van der Waals surface area contributed by atoms with Gasteiger partial charge >= 0.3 is 0 Å². The molecule has 82 valence electrons. The van der Waals surface area contributed by atoms with E-state index < -0.39 is 0 Å². The molecule has 1 aromatic carbocycles. The molecule has 1 aromatic rings. The number of rotatable bonds is 4. The van der Waals surface area contributed by atoms with Gasteiger partial charge in [0, 0.05) is 0 Å². The Kier molecular flexibility index (Phi) is 3.11. The number of nitrogens with two attached hydrogens (primary N) is 1. The van der Waals surface area contributed by atoms with Crippen molar-refractivity contribution in [2.24, 2.45) is 0 Å². The highest BCUT2D eigenvalue weighted by atomic mass is 16.5. The van der Waals surface area contributed by atoms with Crippen LogP contribution in [-0.4, -0.2) is 13.2 Å². The molecular weight excluding hydrogens is 190 g/mol. The van der Waals surface area contributed by atoms with Crippen LogP contribution in [0.3, 0.4) is 0 Å². The first-order chi connectivity index (χ1) is 7.29. The number of hydrogen-bond donors (Lipinski definition) is 1. The van der Waals surface area contributed by atoms with Crippen LogP contribution in [0.2, 0.25) is 0 Å². The van der Waals surface area contributed by atoms with Crippen LogP contribution in [0.15, 0.2) is 18.2 Å². The summed E-state index contributed by atoms with van der Waals surface area (Å²) in [7, 11) is 1.62. The molecule has 15 heavy (non-hydrogen) atoms. The molecule has 1 aliphatic rings. The Morgan fingerprint density at radius 1 is 1.40 bits per heavy atom. The SMILES string of the molecule is COc1ccc(COC2CCC2)cc1N. The van der Waals surface area contributed by atoms with E-state index in [1.807, 2.05) is 18.2 Å². The van der Waals surface area contributed by atoms with Crippen molar-refractivity contribution in [3.05, 3.63) is 23.8 Å². The van der Waals surface area contributed by atoms with Crippen LogP contribution in [-0.2, 0) is 11.3 Å². The second-order valence-electron chi connectivity index (χ2n) is 3.94. The monoisotopic (exact) mass is 207 g/mol. The van der Waals surface area contributed by atoms with Crippen molar-refractivity contribution in [3.63, 3.8) is 0 Å². The molecule has 0 spiro atoms. The molecule has 2 N–H and O–H groups in total. The Hall–Kier alpha value is -1.22. The maximum atomic E-state index is 5.80. The molecule has 0 saturated heterocycles. The fourth-order valence-electron chi connectivity index (χ4n) is 1.63. The quantitative estimate of drug-likeness (QED) is 0.771. The van der Waals surface area contributed by atoms with Gasteiger partial charge in [-0.15, -0.1) is 0 Å². The van der Waals surface area contributed by atoms with E-state index in [4.69, 9.17) is 15.2 Å². The van der Waals surface area contributed by atoms with Crippen molar-refractivity contribution in [1.82, 2.24) is 0 Å². The molecule has 1 aliphatic carbocycles. The van der Waals surface area contributed by atoms with E-state index in [0.717, 1.165) is 11.3 Å². The molecule has 0 amide bonds. The zero-order chi connectivity index (χ0) is 10.7. The van der Waals surface area contributed by atoms with Gasteiger partial charge in [-0.25, -0.2) is 0 Å². The average Bonchev–Trinajstić information content (AvgIpc) is 2.16. The first-order valence-corrected chi connectivity index (χ1v) is 5.33. The lowest BCUT2D eigenvalue weighted by molar-refractivity contribution is -0.00865. The van der Waals surface area contributed by atoms with Gasteiger partial charge in [0.15, 0.2) is 0 Å².